The second-order valence-electron chi connectivity index (χ2n) is 3.93. The van der Waals surface area contributed by atoms with E-state index in [9.17, 15) is 0 Å². The maximum atomic E-state index is 5.43. The first-order chi connectivity index (χ1) is 9.30. The van der Waals surface area contributed by atoms with Crippen LogP contribution in [-0.4, -0.2) is 34.7 Å². The number of anilines is 1. The lowest BCUT2D eigenvalue weighted by Gasteiger charge is -2.09. The molecule has 0 saturated heterocycles. The normalized spacial score (nSPS) is 10.0. The van der Waals surface area contributed by atoms with Crippen molar-refractivity contribution < 1.29 is 9.47 Å². The molecule has 0 bridgehead atoms. The first-order valence-corrected chi connectivity index (χ1v) is 6.66. The molecule has 0 unspecified atom stereocenters. The van der Waals surface area contributed by atoms with Crippen molar-refractivity contribution in [1.29, 1.82) is 0 Å². The van der Waals surface area contributed by atoms with Crippen molar-refractivity contribution >= 4 is 5.95 Å². The summed E-state index contributed by atoms with van der Waals surface area (Å²) in [4.78, 5) is 12.5. The zero-order valence-corrected chi connectivity index (χ0v) is 11.7. The van der Waals surface area contributed by atoms with Crippen LogP contribution in [0.5, 0.6) is 12.0 Å². The van der Waals surface area contributed by atoms with Gasteiger partial charge in [-0.2, -0.15) is 9.97 Å². The Bertz CT molecular complexity index is 359. The molecule has 0 aromatic carbocycles. The van der Waals surface area contributed by atoms with Crippen molar-refractivity contribution in [2.45, 2.75) is 33.1 Å². The van der Waals surface area contributed by atoms with E-state index in [2.05, 4.69) is 33.8 Å². The number of nitrogens with one attached hydrogen (secondary N) is 1. The van der Waals surface area contributed by atoms with Crippen LogP contribution in [0.2, 0.25) is 0 Å². The average molecular weight is 266 g/mol. The van der Waals surface area contributed by atoms with Gasteiger partial charge in [-0.3, -0.25) is 0 Å². The van der Waals surface area contributed by atoms with Crippen molar-refractivity contribution in [1.82, 2.24) is 15.0 Å². The topological polar surface area (TPSA) is 69.2 Å². The fourth-order valence-electron chi connectivity index (χ4n) is 1.21. The van der Waals surface area contributed by atoms with Gasteiger partial charge < -0.3 is 14.8 Å². The second kappa shape index (κ2) is 9.13. The van der Waals surface area contributed by atoms with E-state index < -0.39 is 0 Å². The predicted molar refractivity (Wildman–Crippen MR) is 74.7 cm³/mol. The molecule has 0 aliphatic rings. The molecule has 0 amide bonds. The maximum Gasteiger partial charge on any atom is 0.324 e. The van der Waals surface area contributed by atoms with Gasteiger partial charge in [0.05, 0.1) is 13.2 Å². The summed E-state index contributed by atoms with van der Waals surface area (Å²) in [6.07, 6.45) is 4.42. The van der Waals surface area contributed by atoms with E-state index >= 15 is 0 Å². The number of ether oxygens (including phenoxy) is 2. The summed E-state index contributed by atoms with van der Waals surface area (Å²) in [6.45, 7) is 9.60. The fraction of sp³-hybridized carbons (Fsp3) is 0.615. The first kappa shape index (κ1) is 15.2. The lowest BCUT2D eigenvalue weighted by atomic mass is 10.5. The standard InChI is InChI=1S/C13H22N4O2/c1-4-7-10-19-13-16-11(14-8-5-2)15-12(17-13)18-9-6-3/h4H,1,5-10H2,2-3H3,(H,14,15,16,17). The molecule has 1 rings (SSSR count). The third-order valence-electron chi connectivity index (χ3n) is 2.12. The Morgan fingerprint density at radius 3 is 2.32 bits per heavy atom. The summed E-state index contributed by atoms with van der Waals surface area (Å²) < 4.78 is 10.9. The number of hydrogen-bond donors (Lipinski definition) is 1. The Labute approximate surface area is 114 Å². The summed E-state index contributed by atoms with van der Waals surface area (Å²) in [7, 11) is 0. The third-order valence-corrected chi connectivity index (χ3v) is 2.12. The summed E-state index contributed by atoms with van der Waals surface area (Å²) in [5.41, 5.74) is 0. The second-order valence-corrected chi connectivity index (χ2v) is 3.93. The van der Waals surface area contributed by atoms with Crippen LogP contribution in [0.1, 0.15) is 33.1 Å². The molecule has 0 spiro atoms. The Hall–Kier alpha value is -1.85. The molecular weight excluding hydrogens is 244 g/mol. The quantitative estimate of drug-likeness (QED) is 0.518. The lowest BCUT2D eigenvalue weighted by Crippen LogP contribution is -2.10. The monoisotopic (exact) mass is 266 g/mol. The van der Waals surface area contributed by atoms with Crippen LogP contribution in [0.4, 0.5) is 5.95 Å². The van der Waals surface area contributed by atoms with Gasteiger partial charge in [-0.1, -0.05) is 19.9 Å². The van der Waals surface area contributed by atoms with Crippen molar-refractivity contribution in [2.75, 3.05) is 25.1 Å². The largest absolute Gasteiger partial charge is 0.463 e. The first-order valence-electron chi connectivity index (χ1n) is 6.66. The molecule has 19 heavy (non-hydrogen) atoms. The molecule has 1 aromatic rings. The van der Waals surface area contributed by atoms with Crippen LogP contribution in [0, 0.1) is 0 Å². The van der Waals surface area contributed by atoms with Crippen LogP contribution < -0.4 is 14.8 Å². The smallest absolute Gasteiger partial charge is 0.324 e. The Kier molecular flexibility index (Phi) is 7.31. The number of rotatable bonds is 10. The molecule has 106 valence electrons. The van der Waals surface area contributed by atoms with Gasteiger partial charge in [0, 0.05) is 6.54 Å². The van der Waals surface area contributed by atoms with Crippen molar-refractivity contribution in [2.24, 2.45) is 0 Å². The van der Waals surface area contributed by atoms with Crippen LogP contribution in [-0.2, 0) is 0 Å². The minimum Gasteiger partial charge on any atom is -0.463 e. The van der Waals surface area contributed by atoms with Crippen LogP contribution >= 0.6 is 0 Å². The van der Waals surface area contributed by atoms with E-state index in [1.807, 2.05) is 6.92 Å². The van der Waals surface area contributed by atoms with Crippen LogP contribution in [0.15, 0.2) is 12.7 Å². The molecule has 1 aromatic heterocycles. The SMILES string of the molecule is C=CCCOc1nc(NCCC)nc(OCCC)n1. The molecule has 0 aliphatic heterocycles. The minimum absolute atomic E-state index is 0.279. The van der Waals surface area contributed by atoms with E-state index in [-0.39, 0.29) is 6.01 Å². The zero-order valence-electron chi connectivity index (χ0n) is 11.7. The summed E-state index contributed by atoms with van der Waals surface area (Å²) >= 11 is 0. The van der Waals surface area contributed by atoms with E-state index in [1.54, 1.807) is 6.08 Å². The lowest BCUT2D eigenvalue weighted by molar-refractivity contribution is 0.265. The van der Waals surface area contributed by atoms with Gasteiger partial charge in [0.1, 0.15) is 0 Å². The molecule has 6 nitrogen and oxygen atoms in total. The molecule has 1 N–H and O–H groups in total. The fourth-order valence-corrected chi connectivity index (χ4v) is 1.21. The predicted octanol–water partition coefficient (Wildman–Crippen LogP) is 2.44. The van der Waals surface area contributed by atoms with Crippen molar-refractivity contribution in [3.63, 3.8) is 0 Å². The van der Waals surface area contributed by atoms with Gasteiger partial charge in [-0.05, 0) is 19.3 Å². The van der Waals surface area contributed by atoms with Gasteiger partial charge in [0.15, 0.2) is 0 Å². The van der Waals surface area contributed by atoms with Crippen LogP contribution in [0.25, 0.3) is 0 Å². The molecule has 0 aliphatic carbocycles. The van der Waals surface area contributed by atoms with E-state index in [1.165, 1.54) is 0 Å². The number of hydrogen-bond acceptors (Lipinski definition) is 6. The highest BCUT2D eigenvalue weighted by molar-refractivity contribution is 5.27. The van der Waals surface area contributed by atoms with Gasteiger partial charge >= 0.3 is 12.0 Å². The third kappa shape index (κ3) is 6.03. The van der Waals surface area contributed by atoms with Crippen molar-refractivity contribution in [3.8, 4) is 12.0 Å². The molecule has 0 saturated carbocycles. The molecule has 0 fully saturated rings. The highest BCUT2D eigenvalue weighted by Gasteiger charge is 2.08. The number of aromatic nitrogens is 3. The molecular formula is C13H22N4O2. The van der Waals surface area contributed by atoms with Gasteiger partial charge in [0.2, 0.25) is 5.95 Å². The molecule has 0 radical (unpaired) electrons. The minimum atomic E-state index is 0.279. The molecule has 6 heteroatoms. The van der Waals surface area contributed by atoms with E-state index in [4.69, 9.17) is 9.47 Å². The van der Waals surface area contributed by atoms with Crippen molar-refractivity contribution in [3.05, 3.63) is 12.7 Å². The van der Waals surface area contributed by atoms with Crippen LogP contribution in [0.3, 0.4) is 0 Å². The van der Waals surface area contributed by atoms with E-state index in [0.717, 1.165) is 25.8 Å². The zero-order chi connectivity index (χ0) is 13.9. The molecule has 1 heterocycles. The highest BCUT2D eigenvalue weighted by Crippen LogP contribution is 2.13. The Morgan fingerprint density at radius 1 is 1.05 bits per heavy atom. The summed E-state index contributed by atoms with van der Waals surface area (Å²) in [5.74, 6) is 0.483. The summed E-state index contributed by atoms with van der Waals surface area (Å²) in [5, 5.41) is 3.10. The molecule has 0 atom stereocenters. The highest BCUT2D eigenvalue weighted by atomic mass is 16.5. The van der Waals surface area contributed by atoms with Gasteiger partial charge in [-0.25, -0.2) is 0 Å². The average Bonchev–Trinajstić information content (AvgIpc) is 2.43. The van der Waals surface area contributed by atoms with Gasteiger partial charge in [-0.15, -0.1) is 11.6 Å². The maximum absolute atomic E-state index is 5.43. The Morgan fingerprint density at radius 2 is 1.74 bits per heavy atom. The van der Waals surface area contributed by atoms with Gasteiger partial charge in [0.25, 0.3) is 0 Å². The summed E-state index contributed by atoms with van der Waals surface area (Å²) in [6, 6.07) is 0.575. The van der Waals surface area contributed by atoms with E-state index in [0.29, 0.717) is 25.2 Å². The Balaban J connectivity index is 2.72. The number of nitrogens with zero attached hydrogens (tertiary/aromatic N) is 3.